The van der Waals surface area contributed by atoms with Crippen molar-refractivity contribution in [2.24, 2.45) is 17.2 Å². The molecular formula is C77H76BBrClF3LiN3O15. The molecule has 0 amide bonds. The number of esters is 2. The number of carboxylic acid groups (broad SMARTS) is 1. The van der Waals surface area contributed by atoms with Crippen molar-refractivity contribution in [3.8, 4) is 39.5 Å². The molecule has 0 atom stereocenters. The van der Waals surface area contributed by atoms with Crippen LogP contribution in [0.2, 0.25) is 0 Å². The topological polar surface area (TPSA) is 306 Å². The Kier molecular flexibility index (Phi) is 33.2. The zero-order valence-corrected chi connectivity index (χ0v) is 57.7. The molecule has 18 nitrogen and oxygen atoms in total. The maximum Gasteiger partial charge on any atom is 1.00 e. The van der Waals surface area contributed by atoms with Crippen molar-refractivity contribution in [3.63, 3.8) is 0 Å². The second-order valence-corrected chi connectivity index (χ2v) is 23.0. The van der Waals surface area contributed by atoms with E-state index in [2.05, 4.69) is 15.9 Å². The number of furan rings is 3. The number of carbonyl (C=O) groups excluding carboxylic acids is 2. The van der Waals surface area contributed by atoms with Crippen LogP contribution in [0.4, 0.5) is 13.2 Å². The maximum absolute atomic E-state index is 13.9. The average Bonchev–Trinajstić information content (AvgIpc) is 1.59. The van der Waals surface area contributed by atoms with E-state index in [9.17, 15) is 27.6 Å². The molecule has 102 heavy (non-hydrogen) atoms. The Morgan fingerprint density at radius 3 is 1.20 bits per heavy atom. The number of benzene rings is 9. The Morgan fingerprint density at radius 2 is 0.814 bits per heavy atom. The van der Waals surface area contributed by atoms with Crippen LogP contribution in [-0.2, 0) is 82.6 Å². The molecule has 12 aromatic rings. The first-order valence-corrected chi connectivity index (χ1v) is 31.9. The van der Waals surface area contributed by atoms with Gasteiger partial charge in [-0.05, 0) is 146 Å². The summed E-state index contributed by atoms with van der Waals surface area (Å²) >= 11 is 3.37. The van der Waals surface area contributed by atoms with E-state index in [0.29, 0.717) is 98.5 Å². The zero-order valence-electron chi connectivity index (χ0n) is 55.3. The van der Waals surface area contributed by atoms with Crippen LogP contribution in [0.15, 0.2) is 218 Å². The van der Waals surface area contributed by atoms with Gasteiger partial charge in [0.15, 0.2) is 5.58 Å². The minimum Gasteiger partial charge on any atom is -0.870 e. The van der Waals surface area contributed by atoms with Gasteiger partial charge < -0.3 is 74.8 Å². The Labute approximate surface area is 614 Å². The second-order valence-electron chi connectivity index (χ2n) is 22.1. The van der Waals surface area contributed by atoms with Crippen LogP contribution in [0.5, 0.6) is 17.2 Å². The minimum atomic E-state index is -1.40. The number of hydrogen-bond acceptors (Lipinski definition) is 17. The summed E-state index contributed by atoms with van der Waals surface area (Å²) in [6.07, 6.45) is 0.159. The molecule has 0 aliphatic heterocycles. The fourth-order valence-electron chi connectivity index (χ4n) is 10.5. The van der Waals surface area contributed by atoms with E-state index in [1.807, 2.05) is 121 Å². The van der Waals surface area contributed by atoms with Crippen molar-refractivity contribution in [1.82, 2.24) is 0 Å². The van der Waals surface area contributed by atoms with Gasteiger partial charge in [-0.1, -0.05) is 123 Å². The third-order valence-electron chi connectivity index (χ3n) is 15.0. The summed E-state index contributed by atoms with van der Waals surface area (Å²) in [4.78, 5) is 34.7. The molecule has 3 heterocycles. The smallest absolute Gasteiger partial charge is 0.870 e. The van der Waals surface area contributed by atoms with Gasteiger partial charge in [0, 0.05) is 81.8 Å². The van der Waals surface area contributed by atoms with Gasteiger partial charge in [0.1, 0.15) is 48.2 Å². The standard InChI is InChI=1S/C26H24FNO4.C24H20FNO4.C19H16BrFO4.C7H10BNO2.CH4.ClH.Li.H2O/c1-2-30-25(29)14-20-7-3-4-9-23(20)31-16-18-11-21-13-24(27)32-26(21)22(12-18)19-8-5-6-17(10-19)15-28;25-22-11-19-9-16(14-29-21-7-2-1-5-18(21)12-23(27)28)10-20(24(19)30-22)17-6-3-4-15(8-17)13-26;1-2-23-18(22)10-13-5-3-4-6-16(13)24-11-12-7-14-9-17(21)25-19(14)15(20)8-12;9-5-6-2-1-3-7(4-6)8(10)11;;;;/h3-13H,2,14-16,28H2,1H3;1-11H,12-14,26H2,(H,27,28);3-9H,2,10-11H2,1H3;1-4,10-11H,5,9H2;1H4;1H;;1H2/q;;;;;;+1;/p-1. The Hall–Kier alpha value is -9.61. The molecule has 0 spiro atoms. The van der Waals surface area contributed by atoms with Crippen molar-refractivity contribution >= 4 is 91.7 Å². The van der Waals surface area contributed by atoms with Crippen LogP contribution in [0.25, 0.3) is 55.2 Å². The first-order valence-electron chi connectivity index (χ1n) is 31.1. The summed E-state index contributed by atoms with van der Waals surface area (Å²) in [7, 11) is -1.40. The SMILES string of the molecule is C.CCOC(=O)Cc1ccccc1OCc1cc(-c2cccc(CN)c2)c2oc(F)cc2c1.CCOC(=O)Cc1ccccc1OCc1cc(Br)c2oc(F)cc2c1.Cl.NCc1cccc(-c2cc(COc3ccccc3CC(=O)O)cc3cc(F)oc23)c1.NCc1cccc(B(O)O)c1.[Li+].[OH-]. The number of para-hydroxylation sites is 3. The number of ether oxygens (including phenoxy) is 5. The van der Waals surface area contributed by atoms with Gasteiger partial charge in [0.25, 0.3) is 18.0 Å². The third-order valence-corrected chi connectivity index (χ3v) is 15.6. The molecule has 0 saturated carbocycles. The van der Waals surface area contributed by atoms with Crippen molar-refractivity contribution in [2.45, 2.75) is 80.0 Å². The molecule has 10 N–H and O–H groups in total. The van der Waals surface area contributed by atoms with Gasteiger partial charge in [-0.3, -0.25) is 14.4 Å². The van der Waals surface area contributed by atoms with Crippen LogP contribution in [0, 0.1) is 18.0 Å². The number of hydrogen-bond donors (Lipinski definition) is 6. The maximum atomic E-state index is 13.9. The Bertz CT molecular complexity index is 4730. The first kappa shape index (κ1) is 83.1. The molecule has 0 aliphatic rings. The number of rotatable bonds is 23. The Balaban J connectivity index is 0.000000253. The molecule has 0 unspecified atom stereocenters. The molecule has 3 aromatic heterocycles. The van der Waals surface area contributed by atoms with E-state index in [4.69, 9.17) is 69.3 Å². The number of halogens is 5. The van der Waals surface area contributed by atoms with E-state index < -0.39 is 31.1 Å². The van der Waals surface area contributed by atoms with E-state index >= 15 is 0 Å². The van der Waals surface area contributed by atoms with E-state index in [1.165, 1.54) is 18.2 Å². The molecule has 0 fully saturated rings. The van der Waals surface area contributed by atoms with Gasteiger partial charge in [-0.15, -0.1) is 12.4 Å². The van der Waals surface area contributed by atoms with Crippen LogP contribution in [0.3, 0.4) is 0 Å². The second kappa shape index (κ2) is 40.7. The van der Waals surface area contributed by atoms with E-state index in [0.717, 1.165) is 66.8 Å². The number of aliphatic carboxylic acids is 1. The van der Waals surface area contributed by atoms with Gasteiger partial charge in [-0.2, -0.15) is 13.2 Å². The third kappa shape index (κ3) is 23.2. The van der Waals surface area contributed by atoms with Crippen molar-refractivity contribution < 1.29 is 104 Å². The fraction of sp³-hybridized carbons (Fsp3) is 0.182. The summed E-state index contributed by atoms with van der Waals surface area (Å²) in [5.41, 5.74) is 29.5. The monoisotopic (exact) mass is 1470 g/mol. The summed E-state index contributed by atoms with van der Waals surface area (Å²) in [6.45, 7) is 6.16. The van der Waals surface area contributed by atoms with Crippen LogP contribution < -0.4 is 55.7 Å². The molecule has 0 aliphatic carbocycles. The van der Waals surface area contributed by atoms with Gasteiger partial charge in [-0.25, -0.2) is 0 Å². The number of carboxylic acids is 1. The summed E-state index contributed by atoms with van der Waals surface area (Å²) < 4.78 is 85.2. The summed E-state index contributed by atoms with van der Waals surface area (Å²) in [6, 6.07) is 57.2. The van der Waals surface area contributed by atoms with Crippen molar-refractivity contribution in [3.05, 3.63) is 273 Å². The van der Waals surface area contributed by atoms with Gasteiger partial charge in [0.05, 0.1) is 36.9 Å². The van der Waals surface area contributed by atoms with E-state index in [1.54, 1.807) is 74.5 Å². The van der Waals surface area contributed by atoms with E-state index in [-0.39, 0.29) is 95.2 Å². The van der Waals surface area contributed by atoms with Crippen LogP contribution in [-0.4, -0.2) is 58.9 Å². The summed E-state index contributed by atoms with van der Waals surface area (Å²) in [5, 5.41) is 28.5. The van der Waals surface area contributed by atoms with Gasteiger partial charge in [0.2, 0.25) is 0 Å². The molecule has 0 radical (unpaired) electrons. The number of fused-ring (bicyclic) bond motifs is 3. The predicted molar refractivity (Wildman–Crippen MR) is 387 cm³/mol. The molecule has 9 aromatic carbocycles. The molecule has 528 valence electrons. The van der Waals surface area contributed by atoms with Crippen LogP contribution in [0.1, 0.15) is 71.3 Å². The average molecular weight is 1470 g/mol. The Morgan fingerprint density at radius 1 is 0.461 bits per heavy atom. The molecular weight excluding hydrogens is 1400 g/mol. The molecule has 25 heteroatoms. The van der Waals surface area contributed by atoms with Crippen molar-refractivity contribution in [2.75, 3.05) is 13.2 Å². The zero-order chi connectivity index (χ0) is 69.7. The number of carbonyl (C=O) groups is 3. The largest absolute Gasteiger partial charge is 1.00 e. The molecule has 0 saturated heterocycles. The summed E-state index contributed by atoms with van der Waals surface area (Å²) in [5.74, 6) is 0.196. The molecule has 12 rings (SSSR count). The first-order chi connectivity index (χ1) is 47.4. The van der Waals surface area contributed by atoms with Crippen molar-refractivity contribution in [1.29, 1.82) is 0 Å². The van der Waals surface area contributed by atoms with Gasteiger partial charge >= 0.3 is 43.9 Å². The number of nitrogens with two attached hydrogens (primary N) is 3. The fourth-order valence-corrected chi connectivity index (χ4v) is 11.2. The quantitative estimate of drug-likeness (QED) is 0.0256. The minimum absolute atomic E-state index is 0. The molecule has 0 bridgehead atoms. The van der Waals surface area contributed by atoms with Crippen LogP contribution >= 0.6 is 28.3 Å². The normalized spacial score (nSPS) is 10.4. The predicted octanol–water partition coefficient (Wildman–Crippen LogP) is 12.0.